The molecule has 0 bridgehead atoms. The molecule has 0 aliphatic carbocycles. The van der Waals surface area contributed by atoms with Crippen LogP contribution in [0.5, 0.6) is 0 Å². The Bertz CT molecular complexity index is 449. The Kier molecular flexibility index (Phi) is 5.04. The highest BCUT2D eigenvalue weighted by molar-refractivity contribution is 4.94. The summed E-state index contributed by atoms with van der Waals surface area (Å²) in [5.41, 5.74) is 0.281. The zero-order valence-corrected chi connectivity index (χ0v) is 14.3. The zero-order chi connectivity index (χ0) is 15.6. The van der Waals surface area contributed by atoms with Crippen LogP contribution in [0.1, 0.15) is 46.3 Å². The summed E-state index contributed by atoms with van der Waals surface area (Å²) >= 11 is 0. The maximum absolute atomic E-state index is 5.06. The Balaban J connectivity index is 2.00. The smallest absolute Gasteiger partial charge is 0.223 e. The first kappa shape index (κ1) is 16.4. The van der Waals surface area contributed by atoms with Crippen LogP contribution in [-0.4, -0.2) is 46.8 Å². The lowest BCUT2D eigenvalue weighted by Crippen LogP contribution is -2.61. The second kappa shape index (κ2) is 6.44. The molecule has 0 radical (unpaired) electrons. The number of hydrogen-bond donors (Lipinski definition) is 1. The average Bonchev–Trinajstić information content (AvgIpc) is 2.80. The number of nitrogens with zero attached hydrogens (tertiary/aromatic N) is 3. The summed E-state index contributed by atoms with van der Waals surface area (Å²) < 4.78 is 5.06. The van der Waals surface area contributed by atoms with E-state index in [0.29, 0.717) is 23.9 Å². The van der Waals surface area contributed by atoms with Crippen LogP contribution in [-0.2, 0) is 6.42 Å². The minimum Gasteiger partial charge on any atom is -0.340 e. The second-order valence-corrected chi connectivity index (χ2v) is 7.61. The van der Waals surface area contributed by atoms with Gasteiger partial charge in [-0.25, -0.2) is 0 Å². The first-order valence-electron chi connectivity index (χ1n) is 8.04. The van der Waals surface area contributed by atoms with E-state index in [0.717, 1.165) is 31.9 Å². The van der Waals surface area contributed by atoms with Crippen molar-refractivity contribution in [3.8, 4) is 0 Å². The monoisotopic (exact) mass is 294 g/mol. The van der Waals surface area contributed by atoms with Crippen LogP contribution in [0.3, 0.4) is 0 Å². The molecule has 0 aromatic carbocycles. The highest BCUT2D eigenvalue weighted by Crippen LogP contribution is 2.25. The van der Waals surface area contributed by atoms with Crippen molar-refractivity contribution >= 4 is 0 Å². The van der Waals surface area contributed by atoms with Crippen molar-refractivity contribution in [2.45, 2.75) is 60.0 Å². The minimum atomic E-state index is 0.281. The summed E-state index contributed by atoms with van der Waals surface area (Å²) in [6, 6.07) is 1.11. The summed E-state index contributed by atoms with van der Waals surface area (Å²) in [7, 11) is 0. The number of nitrogens with one attached hydrogen (secondary N) is 1. The molecular weight excluding hydrogens is 264 g/mol. The van der Waals surface area contributed by atoms with Gasteiger partial charge in [0.2, 0.25) is 5.89 Å². The van der Waals surface area contributed by atoms with Crippen LogP contribution >= 0.6 is 0 Å². The summed E-state index contributed by atoms with van der Waals surface area (Å²) in [5, 5.41) is 7.74. The van der Waals surface area contributed by atoms with Gasteiger partial charge in [-0.05, 0) is 11.3 Å². The van der Waals surface area contributed by atoms with E-state index in [1.165, 1.54) is 0 Å². The molecule has 0 spiro atoms. The van der Waals surface area contributed by atoms with Gasteiger partial charge < -0.3 is 9.84 Å². The number of rotatable bonds is 4. The van der Waals surface area contributed by atoms with Gasteiger partial charge in [0.15, 0.2) is 5.82 Å². The third-order valence-electron chi connectivity index (χ3n) is 4.47. The zero-order valence-electron chi connectivity index (χ0n) is 14.3. The van der Waals surface area contributed by atoms with Gasteiger partial charge in [-0.15, -0.1) is 0 Å². The van der Waals surface area contributed by atoms with E-state index in [4.69, 9.17) is 4.52 Å². The standard InChI is InChI=1S/C16H30N4O/c1-11(2)13-9-17-14(16(4,5)6)10-20(13)8-7-15-18-12(3)21-19-15/h11,13-14,17H,7-10H2,1-6H3. The van der Waals surface area contributed by atoms with Crippen LogP contribution in [0.25, 0.3) is 0 Å². The van der Waals surface area contributed by atoms with Crippen LogP contribution in [0.4, 0.5) is 0 Å². The van der Waals surface area contributed by atoms with Crippen molar-refractivity contribution in [2.75, 3.05) is 19.6 Å². The highest BCUT2D eigenvalue weighted by atomic mass is 16.5. The fourth-order valence-electron chi connectivity index (χ4n) is 3.01. The van der Waals surface area contributed by atoms with Gasteiger partial charge in [-0.3, -0.25) is 4.90 Å². The van der Waals surface area contributed by atoms with Crippen LogP contribution in [0, 0.1) is 18.3 Å². The largest absolute Gasteiger partial charge is 0.340 e. The average molecular weight is 294 g/mol. The first-order valence-corrected chi connectivity index (χ1v) is 8.04. The predicted molar refractivity (Wildman–Crippen MR) is 84.2 cm³/mol. The van der Waals surface area contributed by atoms with E-state index < -0.39 is 0 Å². The molecule has 1 aromatic rings. The fraction of sp³-hybridized carbons (Fsp3) is 0.875. The maximum atomic E-state index is 5.06. The van der Waals surface area contributed by atoms with Crippen molar-refractivity contribution in [3.63, 3.8) is 0 Å². The summed E-state index contributed by atoms with van der Waals surface area (Å²) in [5.74, 6) is 2.12. The predicted octanol–water partition coefficient (Wildman–Crippen LogP) is 2.27. The molecule has 21 heavy (non-hydrogen) atoms. The van der Waals surface area contributed by atoms with Gasteiger partial charge in [-0.2, -0.15) is 4.98 Å². The molecule has 2 rings (SSSR count). The Morgan fingerprint density at radius 3 is 2.62 bits per heavy atom. The molecule has 2 unspecified atom stereocenters. The molecule has 2 atom stereocenters. The van der Waals surface area contributed by atoms with Crippen LogP contribution < -0.4 is 5.32 Å². The Labute approximate surface area is 128 Å². The van der Waals surface area contributed by atoms with Crippen molar-refractivity contribution in [3.05, 3.63) is 11.7 Å². The van der Waals surface area contributed by atoms with Gasteiger partial charge in [0.1, 0.15) is 0 Å². The fourth-order valence-corrected chi connectivity index (χ4v) is 3.01. The van der Waals surface area contributed by atoms with Gasteiger partial charge in [0.05, 0.1) is 0 Å². The number of piperazine rings is 1. The van der Waals surface area contributed by atoms with Crippen molar-refractivity contribution in [1.29, 1.82) is 0 Å². The molecule has 0 saturated carbocycles. The lowest BCUT2D eigenvalue weighted by molar-refractivity contribution is 0.0637. The first-order chi connectivity index (χ1) is 9.77. The van der Waals surface area contributed by atoms with Crippen LogP contribution in [0.15, 0.2) is 4.52 Å². The molecule has 1 fully saturated rings. The molecule has 1 aliphatic heterocycles. The second-order valence-electron chi connectivity index (χ2n) is 7.61. The third kappa shape index (κ3) is 4.27. The quantitative estimate of drug-likeness (QED) is 0.923. The summed E-state index contributed by atoms with van der Waals surface area (Å²) in [6.45, 7) is 16.5. The highest BCUT2D eigenvalue weighted by Gasteiger charge is 2.35. The molecule has 5 heteroatoms. The summed E-state index contributed by atoms with van der Waals surface area (Å²) in [6.07, 6.45) is 0.859. The maximum Gasteiger partial charge on any atom is 0.223 e. The normalized spacial score (nSPS) is 24.7. The van der Waals surface area contributed by atoms with E-state index >= 15 is 0 Å². The molecule has 1 aliphatic rings. The van der Waals surface area contributed by atoms with Crippen LogP contribution in [0.2, 0.25) is 0 Å². The van der Waals surface area contributed by atoms with E-state index in [1.807, 2.05) is 6.92 Å². The molecule has 0 amide bonds. The topological polar surface area (TPSA) is 54.2 Å². The number of hydrogen-bond acceptors (Lipinski definition) is 5. The molecule has 120 valence electrons. The molecule has 2 heterocycles. The van der Waals surface area contributed by atoms with E-state index in [9.17, 15) is 0 Å². The molecular formula is C16H30N4O. The van der Waals surface area contributed by atoms with Crippen molar-refractivity contribution < 1.29 is 4.52 Å². The van der Waals surface area contributed by atoms with E-state index in [2.05, 4.69) is 55.0 Å². The van der Waals surface area contributed by atoms with Gasteiger partial charge in [-0.1, -0.05) is 39.8 Å². The SMILES string of the molecule is Cc1nc(CCN2CC(C(C)(C)C)NCC2C(C)C)no1. The third-order valence-corrected chi connectivity index (χ3v) is 4.47. The molecule has 5 nitrogen and oxygen atoms in total. The molecule has 1 N–H and O–H groups in total. The van der Waals surface area contributed by atoms with Crippen molar-refractivity contribution in [2.24, 2.45) is 11.3 Å². The lowest BCUT2D eigenvalue weighted by Gasteiger charge is -2.46. The minimum absolute atomic E-state index is 0.281. The number of aromatic nitrogens is 2. The summed E-state index contributed by atoms with van der Waals surface area (Å²) in [4.78, 5) is 6.91. The van der Waals surface area contributed by atoms with Gasteiger partial charge >= 0.3 is 0 Å². The van der Waals surface area contributed by atoms with E-state index in [1.54, 1.807) is 0 Å². The molecule has 1 aromatic heterocycles. The van der Waals surface area contributed by atoms with Gasteiger partial charge in [0.25, 0.3) is 0 Å². The Hall–Kier alpha value is -0.940. The molecule has 1 saturated heterocycles. The van der Waals surface area contributed by atoms with Crippen molar-refractivity contribution in [1.82, 2.24) is 20.4 Å². The lowest BCUT2D eigenvalue weighted by atomic mass is 9.83. The number of aryl methyl sites for hydroxylation is 1. The Morgan fingerprint density at radius 1 is 1.38 bits per heavy atom. The Morgan fingerprint density at radius 2 is 2.10 bits per heavy atom. The van der Waals surface area contributed by atoms with Gasteiger partial charge in [0, 0.05) is 45.1 Å². The van der Waals surface area contributed by atoms with E-state index in [-0.39, 0.29) is 5.41 Å².